The molecule has 0 radical (unpaired) electrons. The molecule has 0 fully saturated rings. The number of hydrogen-bond donors (Lipinski definition) is 1. The Kier molecular flexibility index (Phi) is 6.36. The van der Waals surface area contributed by atoms with Crippen molar-refractivity contribution in [1.29, 1.82) is 0 Å². The van der Waals surface area contributed by atoms with Crippen LogP contribution in [0.5, 0.6) is 0 Å². The molecule has 0 saturated heterocycles. The zero-order valence-corrected chi connectivity index (χ0v) is 9.56. The SMILES string of the molecule is C=C/C=c1/c(C(=O)O)co/c1=C/C=C.CC. The second kappa shape index (κ2) is 7.29. The van der Waals surface area contributed by atoms with Gasteiger partial charge in [0.2, 0.25) is 0 Å². The predicted molar refractivity (Wildman–Crippen MR) is 65.6 cm³/mol. The molecule has 0 bridgehead atoms. The van der Waals surface area contributed by atoms with Gasteiger partial charge >= 0.3 is 5.97 Å². The first-order chi connectivity index (χ1) is 7.70. The lowest BCUT2D eigenvalue weighted by Crippen LogP contribution is -2.24. The molecule has 0 unspecified atom stereocenters. The first kappa shape index (κ1) is 14.0. The number of hydrogen-bond acceptors (Lipinski definition) is 2. The van der Waals surface area contributed by atoms with Crippen LogP contribution in [0.4, 0.5) is 0 Å². The highest BCUT2D eigenvalue weighted by molar-refractivity contribution is 5.87. The molecule has 1 rings (SSSR count). The van der Waals surface area contributed by atoms with Crippen LogP contribution in [0.15, 0.2) is 36.0 Å². The highest BCUT2D eigenvalue weighted by atomic mass is 16.4. The van der Waals surface area contributed by atoms with E-state index in [1.807, 2.05) is 13.8 Å². The molecule has 3 nitrogen and oxygen atoms in total. The number of aromatic carboxylic acids is 1. The third kappa shape index (κ3) is 3.28. The summed E-state index contributed by atoms with van der Waals surface area (Å²) in [6, 6.07) is 0. The number of rotatable bonds is 3. The van der Waals surface area contributed by atoms with Crippen molar-refractivity contribution < 1.29 is 14.3 Å². The molecule has 3 heteroatoms. The van der Waals surface area contributed by atoms with E-state index in [4.69, 9.17) is 9.52 Å². The number of furan rings is 1. The maximum Gasteiger partial charge on any atom is 0.339 e. The average Bonchev–Trinajstić information content (AvgIpc) is 2.66. The maximum atomic E-state index is 10.8. The summed E-state index contributed by atoms with van der Waals surface area (Å²) in [5.41, 5.74) is 0.593. The van der Waals surface area contributed by atoms with Gasteiger partial charge in [0, 0.05) is 5.22 Å². The number of carbonyl (C=O) groups is 1. The summed E-state index contributed by atoms with van der Waals surface area (Å²) in [4.78, 5) is 10.8. The molecular weight excluding hydrogens is 204 g/mol. The van der Waals surface area contributed by atoms with Crippen molar-refractivity contribution in [3.8, 4) is 0 Å². The first-order valence-electron chi connectivity index (χ1n) is 4.97. The van der Waals surface area contributed by atoms with Gasteiger partial charge in [0.1, 0.15) is 17.2 Å². The van der Waals surface area contributed by atoms with Crippen LogP contribution < -0.4 is 10.6 Å². The Morgan fingerprint density at radius 2 is 1.88 bits per heavy atom. The summed E-state index contributed by atoms with van der Waals surface area (Å²) in [5, 5.41) is 9.33. The zero-order valence-electron chi connectivity index (χ0n) is 9.56. The lowest BCUT2D eigenvalue weighted by molar-refractivity contribution is 0.0695. The van der Waals surface area contributed by atoms with Gasteiger partial charge in [-0.2, -0.15) is 0 Å². The largest absolute Gasteiger partial charge is 0.478 e. The molecule has 1 aromatic heterocycles. The van der Waals surface area contributed by atoms with Crippen molar-refractivity contribution in [2.75, 3.05) is 0 Å². The van der Waals surface area contributed by atoms with Gasteiger partial charge in [-0.1, -0.05) is 45.2 Å². The molecule has 1 N–H and O–H groups in total. The van der Waals surface area contributed by atoms with Crippen LogP contribution in [-0.4, -0.2) is 11.1 Å². The number of carboxylic acids is 1. The van der Waals surface area contributed by atoms with Gasteiger partial charge in [-0.25, -0.2) is 4.79 Å². The fourth-order valence-electron chi connectivity index (χ4n) is 1.07. The zero-order chi connectivity index (χ0) is 12.6. The Labute approximate surface area is 94.7 Å². The van der Waals surface area contributed by atoms with Crippen molar-refractivity contribution in [2.24, 2.45) is 0 Å². The minimum Gasteiger partial charge on any atom is -0.478 e. The van der Waals surface area contributed by atoms with Crippen LogP contribution in [0.3, 0.4) is 0 Å². The molecule has 0 aliphatic carbocycles. The molecule has 0 spiro atoms. The summed E-state index contributed by atoms with van der Waals surface area (Å²) in [6.07, 6.45) is 7.43. The van der Waals surface area contributed by atoms with Gasteiger partial charge < -0.3 is 9.52 Å². The van der Waals surface area contributed by atoms with Gasteiger partial charge in [0.05, 0.1) is 0 Å². The van der Waals surface area contributed by atoms with Crippen LogP contribution in [-0.2, 0) is 0 Å². The summed E-state index contributed by atoms with van der Waals surface area (Å²) in [6.45, 7) is 11.0. The van der Waals surface area contributed by atoms with Gasteiger partial charge in [0.15, 0.2) is 0 Å². The summed E-state index contributed by atoms with van der Waals surface area (Å²) in [7, 11) is 0. The molecule has 86 valence electrons. The number of carboxylic acid groups (broad SMARTS) is 1. The van der Waals surface area contributed by atoms with E-state index in [9.17, 15) is 4.79 Å². The summed E-state index contributed by atoms with van der Waals surface area (Å²) >= 11 is 0. The van der Waals surface area contributed by atoms with Crippen molar-refractivity contribution in [3.05, 3.63) is 47.8 Å². The molecule has 16 heavy (non-hydrogen) atoms. The third-order valence-corrected chi connectivity index (χ3v) is 1.64. The van der Waals surface area contributed by atoms with E-state index in [-0.39, 0.29) is 5.56 Å². The number of allylic oxidation sites excluding steroid dienone is 2. The van der Waals surface area contributed by atoms with Gasteiger partial charge in [-0.15, -0.1) is 0 Å². The van der Waals surface area contributed by atoms with Crippen molar-refractivity contribution >= 4 is 18.1 Å². The van der Waals surface area contributed by atoms with Gasteiger partial charge in [-0.05, 0) is 6.08 Å². The van der Waals surface area contributed by atoms with Crippen LogP contribution in [0, 0.1) is 0 Å². The molecule has 1 heterocycles. The minimum atomic E-state index is -1.02. The summed E-state index contributed by atoms with van der Waals surface area (Å²) in [5.74, 6) is -1.02. The summed E-state index contributed by atoms with van der Waals surface area (Å²) < 4.78 is 5.06. The molecule has 0 aliphatic heterocycles. The van der Waals surface area contributed by atoms with E-state index in [1.165, 1.54) is 18.4 Å². The van der Waals surface area contributed by atoms with Gasteiger partial charge in [-0.3, -0.25) is 0 Å². The van der Waals surface area contributed by atoms with E-state index in [0.717, 1.165) is 0 Å². The van der Waals surface area contributed by atoms with E-state index in [1.54, 1.807) is 12.2 Å². The third-order valence-electron chi connectivity index (χ3n) is 1.64. The predicted octanol–water partition coefficient (Wildman–Crippen LogP) is 1.94. The minimum absolute atomic E-state index is 0.123. The molecule has 0 atom stereocenters. The lowest BCUT2D eigenvalue weighted by atomic mass is 10.2. The topological polar surface area (TPSA) is 50.4 Å². The Morgan fingerprint density at radius 3 is 2.31 bits per heavy atom. The molecule has 0 aliphatic rings. The quantitative estimate of drug-likeness (QED) is 0.846. The van der Waals surface area contributed by atoms with E-state index in [2.05, 4.69) is 13.2 Å². The molecular formula is C13H16O3. The maximum absolute atomic E-state index is 10.8. The Bertz CT molecular complexity index is 478. The first-order valence-corrected chi connectivity index (χ1v) is 4.97. The van der Waals surface area contributed by atoms with E-state index in [0.29, 0.717) is 10.6 Å². The fourth-order valence-corrected chi connectivity index (χ4v) is 1.07. The molecule has 0 aromatic carbocycles. The molecule has 0 amide bonds. The second-order valence-corrected chi connectivity index (χ2v) is 2.54. The highest BCUT2D eigenvalue weighted by Crippen LogP contribution is 1.89. The smallest absolute Gasteiger partial charge is 0.339 e. The van der Waals surface area contributed by atoms with Crippen LogP contribution in [0.1, 0.15) is 24.2 Å². The standard InChI is InChI=1S/C11H10O3.C2H6/c1-3-5-8-9(11(12)13)7-14-10(8)6-4-2;1-2/h3-7H,1-2H2,(H,12,13);1-2H3/b8-5-,10-6+;. The van der Waals surface area contributed by atoms with E-state index >= 15 is 0 Å². The Balaban J connectivity index is 0.00000106. The Hall–Kier alpha value is -2.03. The normalized spacial score (nSPS) is 11.6. The van der Waals surface area contributed by atoms with E-state index < -0.39 is 5.97 Å². The van der Waals surface area contributed by atoms with Crippen LogP contribution in [0.2, 0.25) is 0 Å². The fraction of sp³-hybridized carbons (Fsp3) is 0.154. The second-order valence-electron chi connectivity index (χ2n) is 2.54. The van der Waals surface area contributed by atoms with Crippen molar-refractivity contribution in [1.82, 2.24) is 0 Å². The van der Waals surface area contributed by atoms with Crippen LogP contribution >= 0.6 is 0 Å². The highest BCUT2D eigenvalue weighted by Gasteiger charge is 2.07. The molecule has 0 saturated carbocycles. The Morgan fingerprint density at radius 1 is 1.31 bits per heavy atom. The molecule has 1 aromatic rings. The van der Waals surface area contributed by atoms with Crippen LogP contribution in [0.25, 0.3) is 12.2 Å². The van der Waals surface area contributed by atoms with Gasteiger partial charge in [0.25, 0.3) is 0 Å². The lowest BCUT2D eigenvalue weighted by Gasteiger charge is -1.83. The van der Waals surface area contributed by atoms with Crippen molar-refractivity contribution in [2.45, 2.75) is 13.8 Å². The van der Waals surface area contributed by atoms with Crippen molar-refractivity contribution in [3.63, 3.8) is 0 Å². The monoisotopic (exact) mass is 220 g/mol. The average molecular weight is 220 g/mol.